The molecular formula is C14H18BrN3. The van der Waals surface area contributed by atoms with E-state index in [4.69, 9.17) is 4.98 Å². The smallest absolute Gasteiger partial charge is 0.126 e. The van der Waals surface area contributed by atoms with Gasteiger partial charge in [0.25, 0.3) is 0 Å². The van der Waals surface area contributed by atoms with E-state index in [1.54, 1.807) is 0 Å². The summed E-state index contributed by atoms with van der Waals surface area (Å²) in [6.45, 7) is 3.42. The highest BCUT2D eigenvalue weighted by atomic mass is 79.9. The van der Waals surface area contributed by atoms with Crippen LogP contribution in [0.4, 0.5) is 0 Å². The maximum atomic E-state index is 4.80. The minimum Gasteiger partial charge on any atom is -0.330 e. The fraction of sp³-hybridized carbons (Fsp3) is 0.500. The van der Waals surface area contributed by atoms with Crippen molar-refractivity contribution in [2.45, 2.75) is 25.8 Å². The van der Waals surface area contributed by atoms with Gasteiger partial charge in [-0.15, -0.1) is 0 Å². The summed E-state index contributed by atoms with van der Waals surface area (Å²) in [7, 11) is 2.11. The molecule has 1 fully saturated rings. The van der Waals surface area contributed by atoms with Gasteiger partial charge in [-0.2, -0.15) is 0 Å². The second-order valence-corrected chi connectivity index (χ2v) is 6.21. The number of halogens is 1. The Bertz CT molecular complexity index is 576. The Morgan fingerprint density at radius 3 is 3.06 bits per heavy atom. The Kier molecular flexibility index (Phi) is 3.16. The standard InChI is InChI=1S/C14H18BrN3/c1-9-5-6-16-12(7-9)14-17-11-8-10(15)3-4-13(11)18(14)2/h3-4,8-9,12,16H,5-7H2,1-2H3. The monoisotopic (exact) mass is 307 g/mol. The fourth-order valence-corrected chi connectivity index (χ4v) is 3.16. The van der Waals surface area contributed by atoms with Crippen molar-refractivity contribution < 1.29 is 0 Å². The predicted octanol–water partition coefficient (Wildman–Crippen LogP) is 3.40. The molecule has 0 bridgehead atoms. The van der Waals surface area contributed by atoms with E-state index in [-0.39, 0.29) is 0 Å². The molecule has 1 aromatic heterocycles. The van der Waals surface area contributed by atoms with Crippen molar-refractivity contribution >= 4 is 27.0 Å². The van der Waals surface area contributed by atoms with Gasteiger partial charge in [-0.25, -0.2) is 4.98 Å². The normalized spacial score (nSPS) is 24.6. The van der Waals surface area contributed by atoms with Gasteiger partial charge in [-0.3, -0.25) is 0 Å². The first-order valence-corrected chi connectivity index (χ1v) is 7.29. The van der Waals surface area contributed by atoms with Gasteiger partial charge in [0.2, 0.25) is 0 Å². The summed E-state index contributed by atoms with van der Waals surface area (Å²) in [6, 6.07) is 6.68. The summed E-state index contributed by atoms with van der Waals surface area (Å²) in [5.41, 5.74) is 2.27. The van der Waals surface area contributed by atoms with Gasteiger partial charge in [0, 0.05) is 11.5 Å². The number of imidazole rings is 1. The van der Waals surface area contributed by atoms with E-state index in [0.717, 1.165) is 28.3 Å². The first-order chi connectivity index (χ1) is 8.65. The molecule has 3 nitrogen and oxygen atoms in total. The van der Waals surface area contributed by atoms with Crippen LogP contribution in [0.2, 0.25) is 0 Å². The molecule has 1 aliphatic rings. The van der Waals surface area contributed by atoms with Gasteiger partial charge >= 0.3 is 0 Å². The van der Waals surface area contributed by atoms with Crippen LogP contribution in [0.15, 0.2) is 22.7 Å². The van der Waals surface area contributed by atoms with Crippen LogP contribution in [0.5, 0.6) is 0 Å². The highest BCUT2D eigenvalue weighted by Gasteiger charge is 2.24. The Morgan fingerprint density at radius 1 is 1.44 bits per heavy atom. The number of benzene rings is 1. The molecule has 0 radical (unpaired) electrons. The van der Waals surface area contributed by atoms with Gasteiger partial charge < -0.3 is 9.88 Å². The molecule has 1 N–H and O–H groups in total. The summed E-state index contributed by atoms with van der Waals surface area (Å²) >= 11 is 3.51. The van der Waals surface area contributed by atoms with Crippen molar-refractivity contribution in [3.63, 3.8) is 0 Å². The molecule has 1 aliphatic heterocycles. The highest BCUT2D eigenvalue weighted by molar-refractivity contribution is 9.10. The molecule has 18 heavy (non-hydrogen) atoms. The third kappa shape index (κ3) is 2.08. The van der Waals surface area contributed by atoms with Gasteiger partial charge in [0.1, 0.15) is 5.82 Å². The lowest BCUT2D eigenvalue weighted by Gasteiger charge is -2.27. The number of fused-ring (bicyclic) bond motifs is 1. The van der Waals surface area contributed by atoms with Crippen molar-refractivity contribution in [2.75, 3.05) is 6.54 Å². The minimum atomic E-state index is 0.393. The highest BCUT2D eigenvalue weighted by Crippen LogP contribution is 2.29. The maximum absolute atomic E-state index is 4.80. The quantitative estimate of drug-likeness (QED) is 0.875. The van der Waals surface area contributed by atoms with Crippen molar-refractivity contribution in [1.82, 2.24) is 14.9 Å². The molecule has 0 spiro atoms. The number of nitrogens with one attached hydrogen (secondary N) is 1. The molecule has 1 aromatic carbocycles. The van der Waals surface area contributed by atoms with E-state index in [2.05, 4.69) is 58.0 Å². The van der Waals surface area contributed by atoms with Crippen LogP contribution in [-0.2, 0) is 7.05 Å². The predicted molar refractivity (Wildman–Crippen MR) is 77.6 cm³/mol. The molecule has 3 rings (SSSR count). The van der Waals surface area contributed by atoms with E-state index in [9.17, 15) is 0 Å². The molecule has 2 atom stereocenters. The Hall–Kier alpha value is -0.870. The molecule has 2 aromatic rings. The number of hydrogen-bond donors (Lipinski definition) is 1. The molecule has 4 heteroatoms. The number of aromatic nitrogens is 2. The molecule has 0 amide bonds. The van der Waals surface area contributed by atoms with E-state index < -0.39 is 0 Å². The van der Waals surface area contributed by atoms with Crippen molar-refractivity contribution in [1.29, 1.82) is 0 Å². The van der Waals surface area contributed by atoms with Crippen molar-refractivity contribution in [2.24, 2.45) is 13.0 Å². The van der Waals surface area contributed by atoms with Crippen LogP contribution in [0, 0.1) is 5.92 Å². The number of rotatable bonds is 1. The van der Waals surface area contributed by atoms with Crippen LogP contribution >= 0.6 is 15.9 Å². The molecule has 0 aliphatic carbocycles. The molecule has 2 heterocycles. The van der Waals surface area contributed by atoms with Gasteiger partial charge in [0.15, 0.2) is 0 Å². The Balaban J connectivity index is 2.03. The van der Waals surface area contributed by atoms with E-state index in [1.165, 1.54) is 18.4 Å². The average Bonchev–Trinajstić information content (AvgIpc) is 2.66. The summed E-state index contributed by atoms with van der Waals surface area (Å²) in [5, 5.41) is 3.59. The number of nitrogens with zero attached hydrogens (tertiary/aromatic N) is 2. The topological polar surface area (TPSA) is 29.9 Å². The first kappa shape index (κ1) is 12.2. The Labute approximate surface area is 116 Å². The fourth-order valence-electron chi connectivity index (χ4n) is 2.81. The average molecular weight is 308 g/mol. The van der Waals surface area contributed by atoms with Crippen LogP contribution in [0.1, 0.15) is 31.6 Å². The first-order valence-electron chi connectivity index (χ1n) is 6.50. The van der Waals surface area contributed by atoms with E-state index in [1.807, 2.05) is 0 Å². The van der Waals surface area contributed by atoms with Gasteiger partial charge in [-0.1, -0.05) is 22.9 Å². The second-order valence-electron chi connectivity index (χ2n) is 5.30. The number of piperidine rings is 1. The zero-order chi connectivity index (χ0) is 12.7. The summed E-state index contributed by atoms with van der Waals surface area (Å²) in [6.07, 6.45) is 2.45. The van der Waals surface area contributed by atoms with Crippen molar-refractivity contribution in [3.8, 4) is 0 Å². The van der Waals surface area contributed by atoms with Crippen LogP contribution in [0.25, 0.3) is 11.0 Å². The summed E-state index contributed by atoms with van der Waals surface area (Å²) < 4.78 is 3.31. The molecule has 2 unspecified atom stereocenters. The van der Waals surface area contributed by atoms with E-state index in [0.29, 0.717) is 6.04 Å². The largest absolute Gasteiger partial charge is 0.330 e. The van der Waals surface area contributed by atoms with Crippen LogP contribution < -0.4 is 5.32 Å². The second kappa shape index (κ2) is 4.67. The molecular weight excluding hydrogens is 290 g/mol. The maximum Gasteiger partial charge on any atom is 0.126 e. The summed E-state index contributed by atoms with van der Waals surface area (Å²) in [4.78, 5) is 4.80. The van der Waals surface area contributed by atoms with Gasteiger partial charge in [-0.05, 0) is 43.5 Å². The lowest BCUT2D eigenvalue weighted by atomic mass is 9.94. The lowest BCUT2D eigenvalue weighted by Crippen LogP contribution is -2.32. The molecule has 96 valence electrons. The summed E-state index contributed by atoms with van der Waals surface area (Å²) in [5.74, 6) is 1.94. The number of aryl methyl sites for hydroxylation is 1. The zero-order valence-electron chi connectivity index (χ0n) is 10.8. The molecule has 1 saturated heterocycles. The Morgan fingerprint density at radius 2 is 2.28 bits per heavy atom. The van der Waals surface area contributed by atoms with Crippen LogP contribution in [0.3, 0.4) is 0 Å². The SMILES string of the molecule is CC1CCNC(c2nc3cc(Br)ccc3n2C)C1. The lowest BCUT2D eigenvalue weighted by molar-refractivity contribution is 0.312. The number of hydrogen-bond acceptors (Lipinski definition) is 2. The van der Waals surface area contributed by atoms with Crippen LogP contribution in [-0.4, -0.2) is 16.1 Å². The third-order valence-corrected chi connectivity index (χ3v) is 4.35. The van der Waals surface area contributed by atoms with Gasteiger partial charge in [0.05, 0.1) is 17.1 Å². The molecule has 0 saturated carbocycles. The third-order valence-electron chi connectivity index (χ3n) is 3.86. The zero-order valence-corrected chi connectivity index (χ0v) is 12.4. The van der Waals surface area contributed by atoms with Crippen molar-refractivity contribution in [3.05, 3.63) is 28.5 Å². The minimum absolute atomic E-state index is 0.393. The van der Waals surface area contributed by atoms with E-state index >= 15 is 0 Å².